The summed E-state index contributed by atoms with van der Waals surface area (Å²) in [5.74, 6) is 3.75. The molecule has 3 N–H and O–H groups in total. The Morgan fingerprint density at radius 3 is 2.24 bits per heavy atom. The molecule has 0 radical (unpaired) electrons. The lowest BCUT2D eigenvalue weighted by molar-refractivity contribution is -0.139. The number of rotatable bonds is 2. The number of hydrazine groups is 2. The van der Waals surface area contributed by atoms with E-state index in [2.05, 4.69) is 32.3 Å². The van der Waals surface area contributed by atoms with Gasteiger partial charge < -0.3 is 14.5 Å². The van der Waals surface area contributed by atoms with E-state index in [0.29, 0.717) is 41.7 Å². The van der Waals surface area contributed by atoms with Gasteiger partial charge in [-0.05, 0) is 67.4 Å². The van der Waals surface area contributed by atoms with E-state index in [4.69, 9.17) is 4.74 Å². The maximum atomic E-state index is 13.3. The highest BCUT2D eigenvalue weighted by molar-refractivity contribution is 5.82. The van der Waals surface area contributed by atoms with Gasteiger partial charge in [-0.3, -0.25) is 9.59 Å². The van der Waals surface area contributed by atoms with E-state index < -0.39 is 0 Å². The number of nitrogens with zero attached hydrogens (tertiary/aromatic N) is 2. The molecule has 2 amide bonds. The van der Waals surface area contributed by atoms with Crippen LogP contribution in [0.3, 0.4) is 0 Å². The number of carbonyl (C=O) groups excluding carboxylic acids is 2. The van der Waals surface area contributed by atoms with Crippen molar-refractivity contribution in [2.75, 3.05) is 26.2 Å². The van der Waals surface area contributed by atoms with Crippen LogP contribution in [0.2, 0.25) is 0 Å². The van der Waals surface area contributed by atoms with Crippen LogP contribution in [0.4, 0.5) is 0 Å². The maximum absolute atomic E-state index is 13.3. The summed E-state index contributed by atoms with van der Waals surface area (Å²) in [4.78, 5) is 30.7. The van der Waals surface area contributed by atoms with Gasteiger partial charge in [0.25, 0.3) is 5.91 Å². The molecule has 1 aromatic carbocycles. The minimum atomic E-state index is -0.348. The quantitative estimate of drug-likeness (QED) is 0.614. The van der Waals surface area contributed by atoms with Crippen molar-refractivity contribution >= 4 is 11.8 Å². The van der Waals surface area contributed by atoms with Crippen molar-refractivity contribution in [1.29, 1.82) is 0 Å². The van der Waals surface area contributed by atoms with Crippen molar-refractivity contribution in [3.05, 3.63) is 29.8 Å². The Labute approximate surface area is 194 Å². The Kier molecular flexibility index (Phi) is 4.71. The third kappa shape index (κ3) is 3.21. The fraction of sp³-hybridized carbons (Fsp3) is 0.680. The standard InChI is InChI=1S/C25H33N5O3/c31-24(15-5-7-20-21(9-15)27-28-26-20)29-10-16-17(11-29)19-13-30(12-18(16)19)25(32)23-8-6-14-3-1-2-4-22(14)33-23/h1-4,15-21,23,26-28H,5-13H2/t15?,16-,17+,18+,19-,20?,21?,23?. The summed E-state index contributed by atoms with van der Waals surface area (Å²) in [6.45, 7) is 3.44. The summed E-state index contributed by atoms with van der Waals surface area (Å²) in [5, 5.41) is 0. The van der Waals surface area contributed by atoms with Crippen LogP contribution in [0.15, 0.2) is 24.3 Å². The summed E-state index contributed by atoms with van der Waals surface area (Å²) >= 11 is 0. The molecule has 4 aliphatic heterocycles. The Morgan fingerprint density at radius 1 is 0.818 bits per heavy atom. The second-order valence-electron chi connectivity index (χ2n) is 11.0. The van der Waals surface area contributed by atoms with Crippen LogP contribution < -0.4 is 21.1 Å². The van der Waals surface area contributed by atoms with E-state index in [1.165, 1.54) is 5.56 Å². The van der Waals surface area contributed by atoms with Gasteiger partial charge in [-0.1, -0.05) is 18.2 Å². The Balaban J connectivity index is 0.955. The minimum absolute atomic E-state index is 0.141. The average molecular weight is 452 g/mol. The molecule has 5 fully saturated rings. The molecule has 8 heteroatoms. The molecule has 8 atom stereocenters. The average Bonchev–Trinajstić information content (AvgIpc) is 3.56. The van der Waals surface area contributed by atoms with Crippen molar-refractivity contribution in [3.63, 3.8) is 0 Å². The SMILES string of the molecule is O=C(C1CCC2NNNC2C1)N1C[C@@H]2[C@H](C1)[C@H]1CN(C(=O)C3CCc4ccccc4O3)C[C@@H]21. The molecule has 8 nitrogen and oxygen atoms in total. The van der Waals surface area contributed by atoms with Crippen molar-refractivity contribution in [3.8, 4) is 5.75 Å². The van der Waals surface area contributed by atoms with Gasteiger partial charge in [0.05, 0.1) is 0 Å². The maximum Gasteiger partial charge on any atom is 0.263 e. The van der Waals surface area contributed by atoms with Crippen LogP contribution in [-0.4, -0.2) is 66.0 Å². The number of amides is 2. The summed E-state index contributed by atoms with van der Waals surface area (Å²) in [6.07, 6.45) is 4.24. The molecule has 33 heavy (non-hydrogen) atoms. The molecule has 1 aromatic rings. The van der Waals surface area contributed by atoms with Crippen LogP contribution in [0.25, 0.3) is 0 Å². The Bertz CT molecular complexity index is 951. The smallest absolute Gasteiger partial charge is 0.263 e. The topological polar surface area (TPSA) is 85.9 Å². The van der Waals surface area contributed by atoms with Crippen molar-refractivity contribution in [2.45, 2.75) is 50.3 Å². The number of hydrogen-bond acceptors (Lipinski definition) is 6. The highest BCUT2D eigenvalue weighted by Gasteiger charge is 2.60. The van der Waals surface area contributed by atoms with Gasteiger partial charge in [0.15, 0.2) is 6.10 Å². The molecular formula is C25H33N5O3. The van der Waals surface area contributed by atoms with Gasteiger partial charge in [0, 0.05) is 44.2 Å². The lowest BCUT2D eigenvalue weighted by Crippen LogP contribution is -2.45. The van der Waals surface area contributed by atoms with E-state index in [0.717, 1.165) is 64.0 Å². The first kappa shape index (κ1) is 20.2. The first-order valence-corrected chi connectivity index (χ1v) is 12.7. The van der Waals surface area contributed by atoms with Crippen molar-refractivity contribution < 1.29 is 14.3 Å². The summed E-state index contributed by atoms with van der Waals surface area (Å²) in [6, 6.07) is 8.85. The molecule has 4 unspecified atom stereocenters. The first-order valence-electron chi connectivity index (χ1n) is 12.7. The fourth-order valence-corrected chi connectivity index (χ4v) is 7.65. The normalized spacial score (nSPS) is 40.8. The molecule has 0 bridgehead atoms. The largest absolute Gasteiger partial charge is 0.480 e. The van der Waals surface area contributed by atoms with Gasteiger partial charge in [-0.25, -0.2) is 10.9 Å². The Hall–Kier alpha value is -2.16. The van der Waals surface area contributed by atoms with Gasteiger partial charge in [-0.15, -0.1) is 0 Å². The second kappa shape index (κ2) is 7.68. The Morgan fingerprint density at radius 2 is 1.48 bits per heavy atom. The molecule has 0 aromatic heterocycles. The van der Waals surface area contributed by atoms with Crippen LogP contribution in [0, 0.1) is 29.6 Å². The lowest BCUT2D eigenvalue weighted by atomic mass is 9.60. The molecule has 7 rings (SSSR count). The predicted molar refractivity (Wildman–Crippen MR) is 121 cm³/mol. The third-order valence-electron chi connectivity index (χ3n) is 9.46. The fourth-order valence-electron chi connectivity index (χ4n) is 7.65. The van der Waals surface area contributed by atoms with E-state index in [1.54, 1.807) is 0 Å². The summed E-state index contributed by atoms with van der Waals surface area (Å²) < 4.78 is 6.08. The number of hydrogen-bond donors (Lipinski definition) is 3. The minimum Gasteiger partial charge on any atom is -0.480 e. The molecule has 176 valence electrons. The van der Waals surface area contributed by atoms with Crippen LogP contribution in [0.5, 0.6) is 5.75 Å². The van der Waals surface area contributed by atoms with E-state index in [1.807, 2.05) is 18.2 Å². The lowest BCUT2D eigenvalue weighted by Gasteiger charge is -2.42. The summed E-state index contributed by atoms with van der Waals surface area (Å²) in [7, 11) is 0. The van der Waals surface area contributed by atoms with Gasteiger partial charge >= 0.3 is 0 Å². The van der Waals surface area contributed by atoms with Crippen LogP contribution in [0.1, 0.15) is 31.2 Å². The van der Waals surface area contributed by atoms with Crippen molar-refractivity contribution in [1.82, 2.24) is 26.2 Å². The number of aryl methyl sites for hydroxylation is 1. The van der Waals surface area contributed by atoms with E-state index in [-0.39, 0.29) is 17.9 Å². The number of fused-ring (bicyclic) bond motifs is 6. The predicted octanol–water partition coefficient (Wildman–Crippen LogP) is 0.693. The summed E-state index contributed by atoms with van der Waals surface area (Å²) in [5.41, 5.74) is 10.7. The molecule has 2 aliphatic carbocycles. The molecular weight excluding hydrogens is 418 g/mol. The highest BCUT2D eigenvalue weighted by Crippen LogP contribution is 2.54. The second-order valence-corrected chi connectivity index (χ2v) is 11.0. The molecule has 4 heterocycles. The number of carbonyl (C=O) groups is 2. The van der Waals surface area contributed by atoms with Gasteiger partial charge in [0.2, 0.25) is 5.91 Å². The highest BCUT2D eigenvalue weighted by atomic mass is 16.5. The molecule has 3 saturated heterocycles. The van der Waals surface area contributed by atoms with Gasteiger partial charge in [0.1, 0.15) is 5.75 Å². The monoisotopic (exact) mass is 451 g/mol. The number of nitrogens with one attached hydrogen (secondary N) is 3. The molecule has 6 aliphatic rings. The van der Waals surface area contributed by atoms with E-state index in [9.17, 15) is 9.59 Å². The number of para-hydroxylation sites is 1. The number of likely N-dealkylation sites (tertiary alicyclic amines) is 2. The number of benzene rings is 1. The first-order chi connectivity index (χ1) is 16.2. The van der Waals surface area contributed by atoms with Crippen molar-refractivity contribution in [2.24, 2.45) is 29.6 Å². The zero-order chi connectivity index (χ0) is 22.1. The van der Waals surface area contributed by atoms with Crippen LogP contribution >= 0.6 is 0 Å². The zero-order valence-electron chi connectivity index (χ0n) is 18.9. The van der Waals surface area contributed by atoms with Crippen LogP contribution in [-0.2, 0) is 16.0 Å². The number of ether oxygens (including phenoxy) is 1. The molecule has 0 spiro atoms. The zero-order valence-corrected chi connectivity index (χ0v) is 18.9. The van der Waals surface area contributed by atoms with E-state index >= 15 is 0 Å². The molecule has 2 saturated carbocycles. The third-order valence-corrected chi connectivity index (χ3v) is 9.46. The van der Waals surface area contributed by atoms with Gasteiger partial charge in [-0.2, -0.15) is 5.53 Å².